The minimum absolute atomic E-state index is 0.0357. The van der Waals surface area contributed by atoms with E-state index >= 15 is 0 Å². The van der Waals surface area contributed by atoms with Gasteiger partial charge in [-0.05, 0) is 68.4 Å². The highest BCUT2D eigenvalue weighted by Gasteiger charge is 2.36. The molecule has 0 amide bonds. The van der Waals surface area contributed by atoms with Gasteiger partial charge in [0.05, 0.1) is 45.2 Å². The molecule has 1 saturated heterocycles. The number of rotatable bonds is 6. The van der Waals surface area contributed by atoms with Crippen molar-refractivity contribution in [3.8, 4) is 0 Å². The number of aromatic nitrogens is 2. The normalized spacial score (nSPS) is 15.1. The SMILES string of the molecule is CCS(=O)c1ccc(Cl)cc1Cn1cnc2c(Cl)c(CN3CCCC3)c(C(F)(F)F)cc2c1=O.CN. The zero-order valence-electron chi connectivity index (χ0n) is 19.9. The fourth-order valence-corrected chi connectivity index (χ4v) is 5.67. The van der Waals surface area contributed by atoms with Gasteiger partial charge in [0.15, 0.2) is 0 Å². The van der Waals surface area contributed by atoms with Gasteiger partial charge in [-0.3, -0.25) is 18.5 Å². The third-order valence-electron chi connectivity index (χ3n) is 5.92. The molecule has 1 aliphatic heterocycles. The van der Waals surface area contributed by atoms with Crippen LogP contribution >= 0.6 is 23.2 Å². The predicted octanol–water partition coefficient (Wildman–Crippen LogP) is 5.07. The Kier molecular flexibility index (Phi) is 9.56. The monoisotopic (exact) mass is 562 g/mol. The number of nitrogens with two attached hydrogens (primary N) is 1. The van der Waals surface area contributed by atoms with Gasteiger partial charge in [0.1, 0.15) is 0 Å². The Morgan fingerprint density at radius 3 is 2.39 bits per heavy atom. The van der Waals surface area contributed by atoms with Crippen LogP contribution in [-0.4, -0.2) is 44.5 Å². The lowest BCUT2D eigenvalue weighted by Crippen LogP contribution is -2.25. The average Bonchev–Trinajstić information content (AvgIpc) is 3.36. The number of halogens is 5. The van der Waals surface area contributed by atoms with Crippen LogP contribution in [0.3, 0.4) is 0 Å². The molecule has 1 unspecified atom stereocenters. The Labute approximate surface area is 219 Å². The highest BCUT2D eigenvalue weighted by molar-refractivity contribution is 7.85. The molecule has 2 heterocycles. The van der Waals surface area contributed by atoms with Crippen molar-refractivity contribution in [2.24, 2.45) is 5.73 Å². The maximum Gasteiger partial charge on any atom is 0.416 e. The molecule has 0 radical (unpaired) electrons. The quantitative estimate of drug-likeness (QED) is 0.453. The number of hydrogen-bond acceptors (Lipinski definition) is 5. The highest BCUT2D eigenvalue weighted by Crippen LogP contribution is 2.39. The van der Waals surface area contributed by atoms with Gasteiger partial charge < -0.3 is 5.73 Å². The number of alkyl halides is 3. The van der Waals surface area contributed by atoms with E-state index in [1.807, 2.05) is 4.90 Å². The molecule has 196 valence electrons. The van der Waals surface area contributed by atoms with Gasteiger partial charge in [0.25, 0.3) is 5.56 Å². The molecular formula is C24H27Cl2F3N4O2S. The van der Waals surface area contributed by atoms with Gasteiger partial charge in [-0.15, -0.1) is 0 Å². The Morgan fingerprint density at radius 1 is 1.11 bits per heavy atom. The summed E-state index contributed by atoms with van der Waals surface area (Å²) in [6, 6.07) is 5.67. The van der Waals surface area contributed by atoms with Crippen LogP contribution < -0.4 is 11.3 Å². The summed E-state index contributed by atoms with van der Waals surface area (Å²) in [6.45, 7) is 3.16. The van der Waals surface area contributed by atoms with Crippen LogP contribution in [0, 0.1) is 0 Å². The van der Waals surface area contributed by atoms with E-state index in [0.29, 0.717) is 34.3 Å². The zero-order valence-corrected chi connectivity index (χ0v) is 22.2. The van der Waals surface area contributed by atoms with E-state index in [4.69, 9.17) is 23.2 Å². The molecule has 3 aromatic rings. The average molecular weight is 563 g/mol. The number of fused-ring (bicyclic) bond motifs is 1. The summed E-state index contributed by atoms with van der Waals surface area (Å²) in [5.41, 5.74) is 3.41. The number of likely N-dealkylation sites (tertiary alicyclic amines) is 1. The summed E-state index contributed by atoms with van der Waals surface area (Å²) in [5, 5.41) is 0.0179. The molecule has 1 fully saturated rings. The summed E-state index contributed by atoms with van der Waals surface area (Å²) in [6.07, 6.45) is -1.59. The van der Waals surface area contributed by atoms with Crippen LogP contribution in [0.15, 0.2) is 40.3 Å². The van der Waals surface area contributed by atoms with E-state index in [9.17, 15) is 22.2 Å². The molecule has 6 nitrogen and oxygen atoms in total. The number of hydrogen-bond donors (Lipinski definition) is 1. The predicted molar refractivity (Wildman–Crippen MR) is 138 cm³/mol. The van der Waals surface area contributed by atoms with Crippen molar-refractivity contribution in [2.75, 3.05) is 25.9 Å². The largest absolute Gasteiger partial charge is 0.416 e. The molecule has 1 atom stereocenters. The van der Waals surface area contributed by atoms with E-state index < -0.39 is 28.1 Å². The minimum atomic E-state index is -4.68. The molecule has 1 aromatic heterocycles. The van der Waals surface area contributed by atoms with Gasteiger partial charge in [0.2, 0.25) is 0 Å². The Balaban J connectivity index is 0.00000176. The Hall–Kier alpha value is -1.98. The molecule has 12 heteroatoms. The number of benzene rings is 2. The van der Waals surface area contributed by atoms with Gasteiger partial charge in [-0.1, -0.05) is 30.1 Å². The molecule has 2 N–H and O–H groups in total. The summed E-state index contributed by atoms with van der Waals surface area (Å²) >= 11 is 12.5. The first kappa shape index (κ1) is 28.6. The van der Waals surface area contributed by atoms with E-state index in [1.54, 1.807) is 25.1 Å². The highest BCUT2D eigenvalue weighted by atomic mass is 35.5. The molecule has 1 aliphatic rings. The van der Waals surface area contributed by atoms with E-state index in [2.05, 4.69) is 10.7 Å². The van der Waals surface area contributed by atoms with Gasteiger partial charge in [-0.2, -0.15) is 13.2 Å². The van der Waals surface area contributed by atoms with E-state index in [1.165, 1.54) is 17.9 Å². The standard InChI is InChI=1S/C23H22Cl2F3N3O2S.CH5N/c1-2-34(33)19-6-5-15(24)9-14(19)11-31-13-29-21-16(22(31)32)10-18(23(26,27)28)17(20(21)25)12-30-7-3-4-8-30;1-2/h5-6,9-10,13H,2-4,7-8,11-12H2,1H3;2H2,1H3. The van der Waals surface area contributed by atoms with E-state index in [-0.39, 0.29) is 34.6 Å². The maximum absolute atomic E-state index is 14.0. The maximum atomic E-state index is 14.0. The second kappa shape index (κ2) is 12.0. The molecule has 0 spiro atoms. The molecule has 0 bridgehead atoms. The van der Waals surface area contributed by atoms with Crippen LogP contribution in [0.5, 0.6) is 0 Å². The summed E-state index contributed by atoms with van der Waals surface area (Å²) in [7, 11) is 0.189. The third kappa shape index (κ3) is 6.11. The lowest BCUT2D eigenvalue weighted by atomic mass is 10.0. The lowest BCUT2D eigenvalue weighted by molar-refractivity contribution is -0.138. The second-order valence-electron chi connectivity index (χ2n) is 8.16. The molecule has 36 heavy (non-hydrogen) atoms. The number of nitrogens with zero attached hydrogens (tertiary/aromatic N) is 3. The van der Waals surface area contributed by atoms with Crippen LogP contribution in [0.1, 0.15) is 36.5 Å². The lowest BCUT2D eigenvalue weighted by Gasteiger charge is -2.21. The third-order valence-corrected chi connectivity index (χ3v) is 7.97. The fourth-order valence-electron chi connectivity index (χ4n) is 4.22. The van der Waals surface area contributed by atoms with E-state index in [0.717, 1.165) is 18.9 Å². The van der Waals surface area contributed by atoms with Crippen LogP contribution in [-0.2, 0) is 30.1 Å². The Bertz CT molecular complexity index is 1330. The molecule has 2 aromatic carbocycles. The smallest absolute Gasteiger partial charge is 0.333 e. The summed E-state index contributed by atoms with van der Waals surface area (Å²) in [4.78, 5) is 19.9. The van der Waals surface area contributed by atoms with Gasteiger partial charge in [0, 0.05) is 22.2 Å². The molecule has 0 aliphatic carbocycles. The molecule has 0 saturated carbocycles. The van der Waals surface area contributed by atoms with Crippen molar-refractivity contribution in [3.63, 3.8) is 0 Å². The van der Waals surface area contributed by atoms with Gasteiger partial charge in [-0.25, -0.2) is 4.98 Å². The van der Waals surface area contributed by atoms with Crippen molar-refractivity contribution in [1.82, 2.24) is 14.5 Å². The Morgan fingerprint density at radius 2 is 1.78 bits per heavy atom. The van der Waals surface area contributed by atoms with Crippen molar-refractivity contribution < 1.29 is 17.4 Å². The molecule has 4 rings (SSSR count). The summed E-state index contributed by atoms with van der Waals surface area (Å²) < 4.78 is 55.6. The van der Waals surface area contributed by atoms with Gasteiger partial charge >= 0.3 is 6.18 Å². The summed E-state index contributed by atoms with van der Waals surface area (Å²) in [5.74, 6) is 0.365. The van der Waals surface area contributed by atoms with Crippen molar-refractivity contribution in [3.05, 3.63) is 67.7 Å². The van der Waals surface area contributed by atoms with Crippen LogP contribution in [0.25, 0.3) is 10.9 Å². The van der Waals surface area contributed by atoms with Crippen LogP contribution in [0.2, 0.25) is 10.0 Å². The van der Waals surface area contributed by atoms with Crippen LogP contribution in [0.4, 0.5) is 13.2 Å². The second-order valence-corrected chi connectivity index (χ2v) is 10.7. The fraction of sp³-hybridized carbons (Fsp3) is 0.417. The van der Waals surface area contributed by atoms with Crippen molar-refractivity contribution >= 4 is 44.9 Å². The first-order valence-electron chi connectivity index (χ1n) is 11.3. The van der Waals surface area contributed by atoms with Crippen molar-refractivity contribution in [2.45, 2.75) is 43.9 Å². The first-order valence-corrected chi connectivity index (χ1v) is 13.4. The topological polar surface area (TPSA) is 81.2 Å². The zero-order chi connectivity index (χ0) is 26.6. The van der Waals surface area contributed by atoms with Crippen molar-refractivity contribution in [1.29, 1.82) is 0 Å². The first-order chi connectivity index (χ1) is 17.1. The minimum Gasteiger partial charge on any atom is -0.333 e. The molecular weight excluding hydrogens is 536 g/mol.